The van der Waals surface area contributed by atoms with Gasteiger partial charge in [-0.05, 0) is 72.8 Å². The van der Waals surface area contributed by atoms with E-state index in [0.29, 0.717) is 33.0 Å². The smallest absolute Gasteiger partial charge is 0.227 e. The van der Waals surface area contributed by atoms with Crippen molar-refractivity contribution in [1.29, 1.82) is 0 Å². The summed E-state index contributed by atoms with van der Waals surface area (Å²) < 4.78 is 12.7. The Labute approximate surface area is 196 Å². The first-order valence-electron chi connectivity index (χ1n) is 9.31. The lowest BCUT2D eigenvalue weighted by Crippen LogP contribution is -1.78. The number of aromatic nitrogens is 1. The summed E-state index contributed by atoms with van der Waals surface area (Å²) in [5.41, 5.74) is 3.87. The zero-order valence-corrected chi connectivity index (χ0v) is 18.9. The van der Waals surface area contributed by atoms with Gasteiger partial charge in [-0.25, -0.2) is 4.98 Å². The molecule has 0 aliphatic carbocycles. The summed E-state index contributed by atoms with van der Waals surface area (Å²) in [6.07, 6.45) is 1.66. The molecule has 0 spiro atoms. The fourth-order valence-corrected chi connectivity index (χ4v) is 3.87. The number of benzene rings is 3. The number of hydrogen-bond acceptors (Lipinski definition) is 4. The Hall–Kier alpha value is -2.86. The molecule has 7 heteroatoms. The molecular formula is C24H13BrCl2N2O2. The summed E-state index contributed by atoms with van der Waals surface area (Å²) in [6, 6.07) is 22.4. The molecule has 0 fully saturated rings. The van der Waals surface area contributed by atoms with Crippen molar-refractivity contribution in [1.82, 2.24) is 4.98 Å². The number of rotatable bonds is 4. The third-order valence-corrected chi connectivity index (χ3v) is 5.70. The fourth-order valence-electron chi connectivity index (χ4n) is 3.11. The molecule has 3 aromatic carbocycles. The van der Waals surface area contributed by atoms with Crippen molar-refractivity contribution in [3.8, 4) is 22.8 Å². The highest BCUT2D eigenvalue weighted by atomic mass is 79.9. The second kappa shape index (κ2) is 8.35. The molecule has 0 atom stereocenters. The molecule has 0 radical (unpaired) electrons. The highest BCUT2D eigenvalue weighted by Gasteiger charge is 2.10. The maximum absolute atomic E-state index is 6.26. The zero-order valence-electron chi connectivity index (χ0n) is 15.9. The van der Waals surface area contributed by atoms with Crippen LogP contribution in [0.25, 0.3) is 33.9 Å². The molecule has 4 nitrogen and oxygen atoms in total. The first-order valence-corrected chi connectivity index (χ1v) is 10.9. The van der Waals surface area contributed by atoms with Gasteiger partial charge < -0.3 is 8.83 Å². The van der Waals surface area contributed by atoms with Gasteiger partial charge in [0.05, 0.1) is 16.9 Å². The van der Waals surface area contributed by atoms with Crippen LogP contribution in [-0.2, 0) is 0 Å². The number of nitrogens with zero attached hydrogens (tertiary/aromatic N) is 2. The molecule has 0 saturated heterocycles. The molecule has 0 unspecified atom stereocenters. The molecule has 0 N–H and O–H groups in total. The minimum Gasteiger partial charge on any atom is -0.455 e. The lowest BCUT2D eigenvalue weighted by atomic mass is 10.2. The SMILES string of the molecule is Clc1ccc(-c2ccc(C=Nc3ccc4oc(-c5ccc(Br)cc5)nc4c3)o2)c(Cl)c1. The summed E-state index contributed by atoms with van der Waals surface area (Å²) >= 11 is 15.7. The molecule has 152 valence electrons. The normalized spacial score (nSPS) is 11.6. The van der Waals surface area contributed by atoms with Crippen LogP contribution in [0.4, 0.5) is 5.69 Å². The average molecular weight is 512 g/mol. The Kier molecular flexibility index (Phi) is 5.40. The number of furan rings is 1. The van der Waals surface area contributed by atoms with E-state index in [1.54, 1.807) is 18.3 Å². The Morgan fingerprint density at radius 2 is 1.71 bits per heavy atom. The highest BCUT2D eigenvalue weighted by Crippen LogP contribution is 2.32. The first-order chi connectivity index (χ1) is 15.0. The van der Waals surface area contributed by atoms with Crippen molar-refractivity contribution < 1.29 is 8.83 Å². The van der Waals surface area contributed by atoms with Gasteiger partial charge in [0.25, 0.3) is 0 Å². The average Bonchev–Trinajstić information content (AvgIpc) is 3.39. The highest BCUT2D eigenvalue weighted by molar-refractivity contribution is 9.10. The van der Waals surface area contributed by atoms with Gasteiger partial charge in [-0.2, -0.15) is 0 Å². The van der Waals surface area contributed by atoms with E-state index in [9.17, 15) is 0 Å². The summed E-state index contributed by atoms with van der Waals surface area (Å²) in [5.74, 6) is 1.82. The Bertz CT molecular complexity index is 1420. The third kappa shape index (κ3) is 4.30. The van der Waals surface area contributed by atoms with Crippen LogP contribution in [0.2, 0.25) is 10.0 Å². The molecule has 0 aliphatic rings. The van der Waals surface area contributed by atoms with E-state index in [2.05, 4.69) is 25.9 Å². The predicted octanol–water partition coefficient (Wildman–Crippen LogP) is 8.57. The standard InChI is InChI=1S/C24H13BrCl2N2O2/c25-15-3-1-14(2-4-15)24-29-21-12-17(6-9-23(21)31-24)28-13-18-7-10-22(30-18)19-8-5-16(26)11-20(19)27/h1-13H. The van der Waals surface area contributed by atoms with Gasteiger partial charge in [0, 0.05) is 20.6 Å². The molecule has 0 saturated carbocycles. The van der Waals surface area contributed by atoms with Crippen molar-refractivity contribution in [2.45, 2.75) is 0 Å². The van der Waals surface area contributed by atoms with Crippen molar-refractivity contribution in [3.63, 3.8) is 0 Å². The zero-order chi connectivity index (χ0) is 21.4. The van der Waals surface area contributed by atoms with Gasteiger partial charge in [-0.1, -0.05) is 39.1 Å². The van der Waals surface area contributed by atoms with Gasteiger partial charge in [-0.15, -0.1) is 0 Å². The first kappa shape index (κ1) is 20.1. The summed E-state index contributed by atoms with van der Waals surface area (Å²) in [5, 5.41) is 1.11. The molecule has 31 heavy (non-hydrogen) atoms. The lowest BCUT2D eigenvalue weighted by molar-refractivity contribution is 0.575. The van der Waals surface area contributed by atoms with Crippen LogP contribution in [0.15, 0.2) is 91.1 Å². The van der Waals surface area contributed by atoms with E-state index in [4.69, 9.17) is 32.0 Å². The van der Waals surface area contributed by atoms with Gasteiger partial charge in [0.1, 0.15) is 17.0 Å². The van der Waals surface area contributed by atoms with E-state index >= 15 is 0 Å². The Morgan fingerprint density at radius 3 is 2.52 bits per heavy atom. The number of oxazole rings is 1. The summed E-state index contributed by atoms with van der Waals surface area (Å²) in [4.78, 5) is 9.09. The van der Waals surface area contributed by atoms with Crippen LogP contribution in [0.1, 0.15) is 5.76 Å². The molecular weight excluding hydrogens is 499 g/mol. The molecule has 2 aromatic heterocycles. The monoisotopic (exact) mass is 510 g/mol. The topological polar surface area (TPSA) is 51.5 Å². The minimum atomic E-state index is 0.531. The summed E-state index contributed by atoms with van der Waals surface area (Å²) in [7, 11) is 0. The van der Waals surface area contributed by atoms with Crippen molar-refractivity contribution in [3.05, 3.63) is 93.1 Å². The van der Waals surface area contributed by atoms with E-state index in [0.717, 1.165) is 26.8 Å². The number of fused-ring (bicyclic) bond motifs is 1. The number of aliphatic imine (C=N–C) groups is 1. The quantitative estimate of drug-likeness (QED) is 0.227. The van der Waals surface area contributed by atoms with Gasteiger partial charge in [0.15, 0.2) is 5.58 Å². The van der Waals surface area contributed by atoms with Crippen LogP contribution in [0.5, 0.6) is 0 Å². The second-order valence-electron chi connectivity index (χ2n) is 6.76. The second-order valence-corrected chi connectivity index (χ2v) is 8.52. The lowest BCUT2D eigenvalue weighted by Gasteiger charge is -2.00. The van der Waals surface area contributed by atoms with Crippen LogP contribution in [-0.4, -0.2) is 11.2 Å². The van der Waals surface area contributed by atoms with Crippen molar-refractivity contribution >= 4 is 62.1 Å². The largest absolute Gasteiger partial charge is 0.455 e. The van der Waals surface area contributed by atoms with Crippen LogP contribution in [0.3, 0.4) is 0 Å². The molecule has 2 heterocycles. The van der Waals surface area contributed by atoms with E-state index in [-0.39, 0.29) is 0 Å². The molecule has 5 rings (SSSR count). The minimum absolute atomic E-state index is 0.531. The van der Waals surface area contributed by atoms with Gasteiger partial charge >= 0.3 is 0 Å². The number of hydrogen-bond donors (Lipinski definition) is 0. The van der Waals surface area contributed by atoms with Crippen molar-refractivity contribution in [2.75, 3.05) is 0 Å². The van der Waals surface area contributed by atoms with Crippen molar-refractivity contribution in [2.24, 2.45) is 4.99 Å². The van der Waals surface area contributed by atoms with Crippen LogP contribution >= 0.6 is 39.1 Å². The van der Waals surface area contributed by atoms with Crippen LogP contribution in [0, 0.1) is 0 Å². The van der Waals surface area contributed by atoms with E-state index < -0.39 is 0 Å². The molecule has 0 amide bonds. The Morgan fingerprint density at radius 1 is 0.871 bits per heavy atom. The van der Waals surface area contributed by atoms with E-state index in [1.165, 1.54) is 0 Å². The molecule has 0 aliphatic heterocycles. The van der Waals surface area contributed by atoms with Gasteiger partial charge in [-0.3, -0.25) is 4.99 Å². The fraction of sp³-hybridized carbons (Fsp3) is 0. The Balaban J connectivity index is 1.39. The van der Waals surface area contributed by atoms with Crippen LogP contribution < -0.4 is 0 Å². The number of halogens is 3. The molecule has 5 aromatic rings. The van der Waals surface area contributed by atoms with Gasteiger partial charge in [0.2, 0.25) is 5.89 Å². The summed E-state index contributed by atoms with van der Waals surface area (Å²) in [6.45, 7) is 0. The van der Waals surface area contributed by atoms with E-state index in [1.807, 2.05) is 60.7 Å². The maximum Gasteiger partial charge on any atom is 0.227 e. The third-order valence-electron chi connectivity index (χ3n) is 4.63. The predicted molar refractivity (Wildman–Crippen MR) is 129 cm³/mol. The molecule has 0 bridgehead atoms. The maximum atomic E-state index is 6.26.